The van der Waals surface area contributed by atoms with Crippen LogP contribution in [0, 0.1) is 13.8 Å². The highest BCUT2D eigenvalue weighted by Gasteiger charge is 2.11. The molecule has 22 heavy (non-hydrogen) atoms. The number of nitrogens with zero attached hydrogens (tertiary/aromatic N) is 2. The van der Waals surface area contributed by atoms with Gasteiger partial charge in [-0.3, -0.25) is 14.9 Å². The largest absolute Gasteiger partial charge is 0.290 e. The zero-order chi connectivity index (χ0) is 15.3. The van der Waals surface area contributed by atoms with Crippen molar-refractivity contribution < 1.29 is 0 Å². The number of rotatable bonds is 1. The lowest BCUT2D eigenvalue weighted by Crippen LogP contribution is -2.14. The third-order valence-corrected chi connectivity index (χ3v) is 3.97. The molecule has 0 saturated carbocycles. The molecular formula is C18H15N3O. The van der Waals surface area contributed by atoms with Gasteiger partial charge in [0, 0.05) is 11.6 Å². The van der Waals surface area contributed by atoms with E-state index in [2.05, 4.69) is 10.1 Å². The lowest BCUT2D eigenvalue weighted by molar-refractivity contribution is 0.864. The number of hydrogen-bond donors (Lipinski definition) is 1. The maximum Gasteiger partial charge on any atom is 0.280 e. The predicted octanol–water partition coefficient (Wildman–Crippen LogP) is 3.48. The molecule has 0 radical (unpaired) electrons. The predicted molar refractivity (Wildman–Crippen MR) is 88.7 cm³/mol. The second kappa shape index (κ2) is 4.56. The van der Waals surface area contributed by atoms with E-state index in [9.17, 15) is 4.79 Å². The molecule has 2 aromatic heterocycles. The van der Waals surface area contributed by atoms with Gasteiger partial charge in [0.1, 0.15) is 0 Å². The Morgan fingerprint density at radius 1 is 0.955 bits per heavy atom. The number of aromatic nitrogens is 3. The first kappa shape index (κ1) is 12.8. The van der Waals surface area contributed by atoms with Gasteiger partial charge in [0.2, 0.25) is 0 Å². The molecule has 1 N–H and O–H groups in total. The summed E-state index contributed by atoms with van der Waals surface area (Å²) in [7, 11) is 0. The molecule has 4 rings (SSSR count). The topological polar surface area (TPSA) is 50.7 Å². The van der Waals surface area contributed by atoms with E-state index >= 15 is 0 Å². The molecule has 108 valence electrons. The van der Waals surface area contributed by atoms with Crippen molar-refractivity contribution in [2.24, 2.45) is 0 Å². The number of hydrogen-bond acceptors (Lipinski definition) is 2. The van der Waals surface area contributed by atoms with E-state index in [-0.39, 0.29) is 5.56 Å². The summed E-state index contributed by atoms with van der Waals surface area (Å²) in [6.07, 6.45) is 1.65. The molecule has 2 aromatic carbocycles. The average Bonchev–Trinajstić information content (AvgIpc) is 2.85. The quantitative estimate of drug-likeness (QED) is 0.583. The molecule has 0 amide bonds. The first-order chi connectivity index (χ1) is 10.6. The molecule has 0 aliphatic rings. The molecule has 0 bridgehead atoms. The van der Waals surface area contributed by atoms with Crippen LogP contribution in [0.3, 0.4) is 0 Å². The van der Waals surface area contributed by atoms with Crippen molar-refractivity contribution in [1.29, 1.82) is 0 Å². The van der Waals surface area contributed by atoms with Crippen LogP contribution >= 0.6 is 0 Å². The summed E-state index contributed by atoms with van der Waals surface area (Å²) in [6.45, 7) is 4.06. The van der Waals surface area contributed by atoms with Crippen LogP contribution in [0.5, 0.6) is 0 Å². The van der Waals surface area contributed by atoms with E-state index in [1.165, 1.54) is 0 Å². The number of pyridine rings is 1. The monoisotopic (exact) mass is 289 g/mol. The normalized spacial score (nSPS) is 11.4. The van der Waals surface area contributed by atoms with Gasteiger partial charge in [-0.1, -0.05) is 29.8 Å². The molecule has 4 nitrogen and oxygen atoms in total. The maximum absolute atomic E-state index is 12.6. The van der Waals surface area contributed by atoms with Gasteiger partial charge in [-0.05, 0) is 37.6 Å². The lowest BCUT2D eigenvalue weighted by atomic mass is 10.1. The van der Waals surface area contributed by atoms with E-state index in [0.717, 1.165) is 33.2 Å². The van der Waals surface area contributed by atoms with Gasteiger partial charge in [-0.25, -0.2) is 4.68 Å². The van der Waals surface area contributed by atoms with Crippen LogP contribution in [0.15, 0.2) is 53.5 Å². The van der Waals surface area contributed by atoms with E-state index < -0.39 is 0 Å². The zero-order valence-corrected chi connectivity index (χ0v) is 12.4. The molecule has 4 heteroatoms. The van der Waals surface area contributed by atoms with E-state index in [0.29, 0.717) is 5.39 Å². The number of aryl methyl sites for hydroxylation is 2. The van der Waals surface area contributed by atoms with Gasteiger partial charge >= 0.3 is 0 Å². The van der Waals surface area contributed by atoms with Gasteiger partial charge in [-0.15, -0.1) is 0 Å². The van der Waals surface area contributed by atoms with Gasteiger partial charge in [0.25, 0.3) is 5.56 Å². The Morgan fingerprint density at radius 2 is 1.68 bits per heavy atom. The summed E-state index contributed by atoms with van der Waals surface area (Å²) in [5, 5.41) is 4.80. The third kappa shape index (κ3) is 1.84. The van der Waals surface area contributed by atoms with Gasteiger partial charge < -0.3 is 0 Å². The third-order valence-electron chi connectivity index (χ3n) is 3.97. The molecule has 0 unspecified atom stereocenters. The van der Waals surface area contributed by atoms with Gasteiger partial charge in [0.15, 0.2) is 0 Å². The van der Waals surface area contributed by atoms with Crippen LogP contribution in [0.25, 0.3) is 27.5 Å². The second-order valence-electron chi connectivity index (χ2n) is 5.66. The molecule has 0 aliphatic carbocycles. The minimum absolute atomic E-state index is 0.0752. The standard InChI is InChI=1S/C18H15N3O/c1-11-3-6-13(7-4-11)21-18(22)15-10-19-16-9-12(2)5-8-14(16)17(15)20-21/h3-10,20H,1-2H3. The number of benzene rings is 2. The average molecular weight is 289 g/mol. The number of aromatic amines is 1. The molecule has 0 fully saturated rings. The van der Waals surface area contributed by atoms with Crippen molar-refractivity contribution in [2.75, 3.05) is 0 Å². The Morgan fingerprint density at radius 3 is 2.45 bits per heavy atom. The highest BCUT2D eigenvalue weighted by atomic mass is 16.1. The summed E-state index contributed by atoms with van der Waals surface area (Å²) in [5.74, 6) is 0. The fraction of sp³-hybridized carbons (Fsp3) is 0.111. The Labute approximate surface area is 127 Å². The molecule has 0 atom stereocenters. The number of fused-ring (bicyclic) bond motifs is 3. The van der Waals surface area contributed by atoms with Crippen LogP contribution in [-0.2, 0) is 0 Å². The van der Waals surface area contributed by atoms with Crippen LogP contribution in [0.1, 0.15) is 11.1 Å². The Kier molecular flexibility index (Phi) is 2.66. The summed E-state index contributed by atoms with van der Waals surface area (Å²) < 4.78 is 1.57. The van der Waals surface area contributed by atoms with Crippen molar-refractivity contribution in [3.05, 3.63) is 70.1 Å². The van der Waals surface area contributed by atoms with E-state index in [1.807, 2.05) is 56.3 Å². The Balaban J connectivity index is 2.06. The van der Waals surface area contributed by atoms with Crippen LogP contribution in [0.2, 0.25) is 0 Å². The van der Waals surface area contributed by atoms with Crippen molar-refractivity contribution >= 4 is 21.8 Å². The SMILES string of the molecule is Cc1ccc(-n2[nH]c3c(cnc4cc(C)ccc43)c2=O)cc1. The summed E-state index contributed by atoms with van der Waals surface area (Å²) in [4.78, 5) is 17.0. The molecule has 2 heterocycles. The fourth-order valence-electron chi connectivity index (χ4n) is 2.74. The Bertz CT molecular complexity index is 1060. The van der Waals surface area contributed by atoms with Crippen LogP contribution < -0.4 is 5.56 Å². The van der Waals surface area contributed by atoms with Gasteiger partial charge in [-0.2, -0.15) is 0 Å². The van der Waals surface area contributed by atoms with Gasteiger partial charge in [0.05, 0.1) is 22.1 Å². The minimum Gasteiger partial charge on any atom is -0.290 e. The van der Waals surface area contributed by atoms with Crippen molar-refractivity contribution in [1.82, 2.24) is 14.8 Å². The maximum atomic E-state index is 12.6. The number of nitrogens with one attached hydrogen (secondary N) is 1. The first-order valence-corrected chi connectivity index (χ1v) is 7.20. The highest BCUT2D eigenvalue weighted by molar-refractivity contribution is 6.02. The van der Waals surface area contributed by atoms with Crippen LogP contribution in [0.4, 0.5) is 0 Å². The van der Waals surface area contributed by atoms with E-state index in [4.69, 9.17) is 0 Å². The molecule has 4 aromatic rings. The zero-order valence-electron chi connectivity index (χ0n) is 12.4. The first-order valence-electron chi connectivity index (χ1n) is 7.20. The molecule has 0 spiro atoms. The summed E-state index contributed by atoms with van der Waals surface area (Å²) in [5.41, 5.74) is 4.79. The highest BCUT2D eigenvalue weighted by Crippen LogP contribution is 2.21. The molecule has 0 saturated heterocycles. The van der Waals surface area contributed by atoms with Crippen molar-refractivity contribution in [3.8, 4) is 5.69 Å². The fourth-order valence-corrected chi connectivity index (χ4v) is 2.74. The lowest BCUT2D eigenvalue weighted by Gasteiger charge is -2.02. The minimum atomic E-state index is -0.0752. The van der Waals surface area contributed by atoms with Crippen molar-refractivity contribution in [3.63, 3.8) is 0 Å². The summed E-state index contributed by atoms with van der Waals surface area (Å²) in [6, 6.07) is 13.9. The second-order valence-corrected chi connectivity index (χ2v) is 5.66. The Hall–Kier alpha value is -2.88. The van der Waals surface area contributed by atoms with E-state index in [1.54, 1.807) is 10.9 Å². The number of H-pyrrole nitrogens is 1. The smallest absolute Gasteiger partial charge is 0.280 e. The van der Waals surface area contributed by atoms with Crippen LogP contribution in [-0.4, -0.2) is 14.8 Å². The molecule has 0 aliphatic heterocycles. The molecular weight excluding hydrogens is 274 g/mol. The van der Waals surface area contributed by atoms with Crippen molar-refractivity contribution in [2.45, 2.75) is 13.8 Å². The summed E-state index contributed by atoms with van der Waals surface area (Å²) >= 11 is 0.